The van der Waals surface area contributed by atoms with Crippen molar-refractivity contribution >= 4 is 35.0 Å². The molecule has 0 aliphatic rings. The molecule has 0 N–H and O–H groups in total. The van der Waals surface area contributed by atoms with E-state index in [-0.39, 0.29) is 0 Å². The lowest BCUT2D eigenvalue weighted by Gasteiger charge is -2.03. The summed E-state index contributed by atoms with van der Waals surface area (Å²) >= 11 is 13.4. The predicted molar refractivity (Wildman–Crippen MR) is 72.8 cm³/mol. The standard InChI is InChI=1S/C12H10Cl2N2S/c1-8-4-5-15-12(16-8)17-7-9-2-3-10(13)11(14)6-9/h2-6H,7H2,1H3. The van der Waals surface area contributed by atoms with Gasteiger partial charge in [0.25, 0.3) is 0 Å². The van der Waals surface area contributed by atoms with Crippen LogP contribution in [0.25, 0.3) is 0 Å². The molecule has 2 nitrogen and oxygen atoms in total. The van der Waals surface area contributed by atoms with E-state index in [4.69, 9.17) is 23.2 Å². The second-order valence-corrected chi connectivity index (χ2v) is 5.27. The van der Waals surface area contributed by atoms with Gasteiger partial charge >= 0.3 is 0 Å². The third kappa shape index (κ3) is 3.60. The lowest BCUT2D eigenvalue weighted by Crippen LogP contribution is -1.89. The average Bonchev–Trinajstić information content (AvgIpc) is 2.31. The Bertz CT molecular complexity index is 532. The summed E-state index contributed by atoms with van der Waals surface area (Å²) in [6, 6.07) is 7.50. The molecule has 1 aromatic carbocycles. The molecule has 17 heavy (non-hydrogen) atoms. The quantitative estimate of drug-likeness (QED) is 0.618. The molecule has 0 aliphatic heterocycles. The largest absolute Gasteiger partial charge is 0.231 e. The molecule has 1 aromatic heterocycles. The first-order valence-electron chi connectivity index (χ1n) is 5.01. The van der Waals surface area contributed by atoms with Crippen molar-refractivity contribution in [3.05, 3.63) is 51.8 Å². The van der Waals surface area contributed by atoms with Crippen LogP contribution in [0.1, 0.15) is 11.3 Å². The average molecular weight is 285 g/mol. The summed E-state index contributed by atoms with van der Waals surface area (Å²) in [5, 5.41) is 1.93. The molecule has 0 aliphatic carbocycles. The van der Waals surface area contributed by atoms with Crippen molar-refractivity contribution in [2.45, 2.75) is 17.8 Å². The van der Waals surface area contributed by atoms with Crippen LogP contribution >= 0.6 is 35.0 Å². The molecule has 0 fully saturated rings. The number of hydrogen-bond donors (Lipinski definition) is 0. The minimum absolute atomic E-state index is 0.576. The fourth-order valence-electron chi connectivity index (χ4n) is 1.27. The van der Waals surface area contributed by atoms with Crippen LogP contribution in [0.5, 0.6) is 0 Å². The highest BCUT2D eigenvalue weighted by Gasteiger charge is 2.02. The number of nitrogens with zero attached hydrogens (tertiary/aromatic N) is 2. The van der Waals surface area contributed by atoms with Crippen LogP contribution in [0.15, 0.2) is 35.6 Å². The zero-order chi connectivity index (χ0) is 12.3. The Morgan fingerprint density at radius 1 is 1.18 bits per heavy atom. The zero-order valence-corrected chi connectivity index (χ0v) is 11.5. The second kappa shape index (κ2) is 5.71. The molecule has 0 spiro atoms. The number of halogens is 2. The van der Waals surface area contributed by atoms with Crippen molar-refractivity contribution in [3.63, 3.8) is 0 Å². The normalized spacial score (nSPS) is 10.5. The Morgan fingerprint density at radius 2 is 2.00 bits per heavy atom. The maximum absolute atomic E-state index is 5.95. The molecule has 0 saturated carbocycles. The first-order chi connectivity index (χ1) is 8.15. The van der Waals surface area contributed by atoms with Crippen molar-refractivity contribution in [2.24, 2.45) is 0 Å². The monoisotopic (exact) mass is 284 g/mol. The van der Waals surface area contributed by atoms with Crippen LogP contribution in [0.4, 0.5) is 0 Å². The first kappa shape index (κ1) is 12.7. The molecule has 2 rings (SSSR count). The lowest BCUT2D eigenvalue weighted by molar-refractivity contribution is 0.932. The van der Waals surface area contributed by atoms with Gasteiger partial charge in [-0.05, 0) is 30.7 Å². The fourth-order valence-corrected chi connectivity index (χ4v) is 2.41. The molecule has 2 aromatic rings. The molecule has 1 heterocycles. The summed E-state index contributed by atoms with van der Waals surface area (Å²) in [4.78, 5) is 8.51. The minimum Gasteiger partial charge on any atom is -0.231 e. The third-order valence-electron chi connectivity index (χ3n) is 2.12. The number of hydrogen-bond acceptors (Lipinski definition) is 3. The highest BCUT2D eigenvalue weighted by Crippen LogP contribution is 2.26. The topological polar surface area (TPSA) is 25.8 Å². The van der Waals surface area contributed by atoms with Crippen molar-refractivity contribution in [2.75, 3.05) is 0 Å². The van der Waals surface area contributed by atoms with Gasteiger partial charge < -0.3 is 0 Å². The maximum Gasteiger partial charge on any atom is 0.188 e. The molecule has 0 atom stereocenters. The van der Waals surface area contributed by atoms with Gasteiger partial charge in [0.2, 0.25) is 0 Å². The van der Waals surface area contributed by atoms with Crippen LogP contribution in [-0.4, -0.2) is 9.97 Å². The molecular formula is C12H10Cl2N2S. The lowest BCUT2D eigenvalue weighted by atomic mass is 10.2. The summed E-state index contributed by atoms with van der Waals surface area (Å²) in [6.45, 7) is 1.95. The Morgan fingerprint density at radius 3 is 2.71 bits per heavy atom. The Labute approximate surface area is 114 Å². The molecule has 5 heteroatoms. The number of benzene rings is 1. The molecule has 0 unspecified atom stereocenters. The Kier molecular flexibility index (Phi) is 4.26. The summed E-state index contributed by atoms with van der Waals surface area (Å²) in [5.41, 5.74) is 2.08. The van der Waals surface area contributed by atoms with Gasteiger partial charge in [-0.2, -0.15) is 0 Å². The molecule has 0 bridgehead atoms. The van der Waals surface area contributed by atoms with Gasteiger partial charge in [-0.25, -0.2) is 9.97 Å². The van der Waals surface area contributed by atoms with E-state index in [1.165, 1.54) is 0 Å². The van der Waals surface area contributed by atoms with Crippen LogP contribution in [0.3, 0.4) is 0 Å². The van der Waals surface area contributed by atoms with Gasteiger partial charge in [0.05, 0.1) is 10.0 Å². The van der Waals surface area contributed by atoms with Crippen LogP contribution in [0.2, 0.25) is 10.0 Å². The maximum atomic E-state index is 5.95. The smallest absolute Gasteiger partial charge is 0.188 e. The van der Waals surface area contributed by atoms with Crippen molar-refractivity contribution in [1.29, 1.82) is 0 Å². The summed E-state index contributed by atoms with van der Waals surface area (Å²) in [6.07, 6.45) is 1.76. The van der Waals surface area contributed by atoms with Gasteiger partial charge in [-0.1, -0.05) is 41.0 Å². The number of thioether (sulfide) groups is 1. The van der Waals surface area contributed by atoms with E-state index in [1.54, 1.807) is 24.0 Å². The fraction of sp³-hybridized carbons (Fsp3) is 0.167. The number of rotatable bonds is 3. The van der Waals surface area contributed by atoms with Crippen molar-refractivity contribution in [3.8, 4) is 0 Å². The molecule has 0 amide bonds. The summed E-state index contributed by atoms with van der Waals surface area (Å²) in [5.74, 6) is 0.778. The van der Waals surface area contributed by atoms with Gasteiger partial charge in [-0.15, -0.1) is 0 Å². The van der Waals surface area contributed by atoms with E-state index in [2.05, 4.69) is 9.97 Å². The van der Waals surface area contributed by atoms with Gasteiger partial charge in [-0.3, -0.25) is 0 Å². The zero-order valence-electron chi connectivity index (χ0n) is 9.15. The first-order valence-corrected chi connectivity index (χ1v) is 6.75. The van der Waals surface area contributed by atoms with E-state index in [9.17, 15) is 0 Å². The van der Waals surface area contributed by atoms with Crippen LogP contribution < -0.4 is 0 Å². The molecule has 0 radical (unpaired) electrons. The van der Waals surface area contributed by atoms with Crippen molar-refractivity contribution in [1.82, 2.24) is 9.97 Å². The van der Waals surface area contributed by atoms with Crippen LogP contribution in [-0.2, 0) is 5.75 Å². The molecular weight excluding hydrogens is 275 g/mol. The highest BCUT2D eigenvalue weighted by molar-refractivity contribution is 7.98. The number of aryl methyl sites for hydroxylation is 1. The van der Waals surface area contributed by atoms with Crippen LogP contribution in [0, 0.1) is 6.92 Å². The summed E-state index contributed by atoms with van der Waals surface area (Å²) in [7, 11) is 0. The van der Waals surface area contributed by atoms with Crippen molar-refractivity contribution < 1.29 is 0 Å². The molecule has 0 saturated heterocycles. The van der Waals surface area contributed by atoms with E-state index >= 15 is 0 Å². The SMILES string of the molecule is Cc1ccnc(SCc2ccc(Cl)c(Cl)c2)n1. The Balaban J connectivity index is 2.05. The van der Waals surface area contributed by atoms with E-state index in [0.29, 0.717) is 10.0 Å². The molecule has 88 valence electrons. The predicted octanol–water partition coefficient (Wildman–Crippen LogP) is 4.38. The van der Waals surface area contributed by atoms with Gasteiger partial charge in [0.15, 0.2) is 5.16 Å². The second-order valence-electron chi connectivity index (χ2n) is 3.52. The van der Waals surface area contributed by atoms with E-state index < -0.39 is 0 Å². The van der Waals surface area contributed by atoms with Gasteiger partial charge in [0.1, 0.15) is 0 Å². The van der Waals surface area contributed by atoms with E-state index in [0.717, 1.165) is 22.2 Å². The summed E-state index contributed by atoms with van der Waals surface area (Å²) < 4.78 is 0. The Hall–Kier alpha value is -0.770. The van der Waals surface area contributed by atoms with Gasteiger partial charge in [0, 0.05) is 17.6 Å². The minimum atomic E-state index is 0.576. The highest BCUT2D eigenvalue weighted by atomic mass is 35.5. The van der Waals surface area contributed by atoms with E-state index in [1.807, 2.05) is 25.1 Å². The number of aromatic nitrogens is 2. The third-order valence-corrected chi connectivity index (χ3v) is 3.80.